The number of hydrogen-bond donors (Lipinski definition) is 1. The van der Waals surface area contributed by atoms with E-state index in [-0.39, 0.29) is 23.8 Å². The summed E-state index contributed by atoms with van der Waals surface area (Å²) in [7, 11) is -3.60. The molecule has 2 aromatic rings. The Labute approximate surface area is 180 Å². The molecule has 0 aliphatic carbocycles. The molecule has 0 radical (unpaired) electrons. The monoisotopic (exact) mass is 480 g/mol. The predicted molar refractivity (Wildman–Crippen MR) is 115 cm³/mol. The second kappa shape index (κ2) is 10.2. The lowest BCUT2D eigenvalue weighted by Crippen LogP contribution is -2.41. The summed E-state index contributed by atoms with van der Waals surface area (Å²) in [5.74, 6) is 1.27. The number of ether oxygens (including phenoxy) is 1. The molecule has 1 aliphatic heterocycles. The number of rotatable bonds is 8. The maximum absolute atomic E-state index is 12.4. The van der Waals surface area contributed by atoms with E-state index in [2.05, 4.69) is 20.7 Å². The minimum absolute atomic E-state index is 0.0223. The molecule has 0 bridgehead atoms. The molecule has 0 aromatic heterocycles. The van der Waals surface area contributed by atoms with Gasteiger partial charge in [0.1, 0.15) is 5.75 Å². The Morgan fingerprint density at radius 1 is 1.07 bits per heavy atom. The van der Waals surface area contributed by atoms with Crippen molar-refractivity contribution >= 4 is 31.9 Å². The van der Waals surface area contributed by atoms with E-state index in [1.165, 1.54) is 12.1 Å². The van der Waals surface area contributed by atoms with Crippen LogP contribution in [0.2, 0.25) is 0 Å². The van der Waals surface area contributed by atoms with Crippen LogP contribution in [-0.4, -0.2) is 45.5 Å². The number of para-hydroxylation sites is 1. The lowest BCUT2D eigenvalue weighted by Gasteiger charge is -2.32. The fraction of sp³-hybridized carbons (Fsp3) is 0.381. The minimum Gasteiger partial charge on any atom is -0.493 e. The zero-order valence-corrected chi connectivity index (χ0v) is 18.5. The molecule has 156 valence electrons. The number of likely N-dealkylation sites (tertiary alicyclic amines) is 1. The molecule has 0 atom stereocenters. The van der Waals surface area contributed by atoms with E-state index in [4.69, 9.17) is 4.74 Å². The van der Waals surface area contributed by atoms with E-state index in [0.29, 0.717) is 25.6 Å². The molecule has 8 heteroatoms. The van der Waals surface area contributed by atoms with E-state index in [9.17, 15) is 13.2 Å². The van der Waals surface area contributed by atoms with Crippen molar-refractivity contribution in [3.63, 3.8) is 0 Å². The smallest absolute Gasteiger partial charge is 0.240 e. The van der Waals surface area contributed by atoms with Crippen LogP contribution >= 0.6 is 15.9 Å². The average molecular weight is 481 g/mol. The van der Waals surface area contributed by atoms with Gasteiger partial charge in [-0.15, -0.1) is 0 Å². The zero-order chi connectivity index (χ0) is 20.7. The van der Waals surface area contributed by atoms with Gasteiger partial charge in [0.05, 0.1) is 11.5 Å². The van der Waals surface area contributed by atoms with Gasteiger partial charge in [-0.05, 0) is 55.2 Å². The third-order valence-corrected chi connectivity index (χ3v) is 6.96. The number of nitrogens with zero attached hydrogens (tertiary/aromatic N) is 1. The van der Waals surface area contributed by atoms with Gasteiger partial charge in [0.25, 0.3) is 0 Å². The van der Waals surface area contributed by atoms with Gasteiger partial charge in [0.2, 0.25) is 15.9 Å². The Balaban J connectivity index is 1.38. The highest BCUT2D eigenvalue weighted by Gasteiger charge is 2.23. The Hall–Kier alpha value is -1.90. The molecule has 0 unspecified atom stereocenters. The highest BCUT2D eigenvalue weighted by molar-refractivity contribution is 9.10. The van der Waals surface area contributed by atoms with Crippen LogP contribution < -0.4 is 9.46 Å². The van der Waals surface area contributed by atoms with Crippen LogP contribution in [0.15, 0.2) is 64.0 Å². The van der Waals surface area contributed by atoms with Crippen LogP contribution in [0.3, 0.4) is 0 Å². The van der Waals surface area contributed by atoms with E-state index in [1.807, 2.05) is 35.2 Å². The van der Waals surface area contributed by atoms with Crippen LogP contribution in [0.1, 0.15) is 19.3 Å². The number of sulfonamides is 1. The van der Waals surface area contributed by atoms with Gasteiger partial charge in [-0.2, -0.15) is 0 Å². The van der Waals surface area contributed by atoms with Crippen molar-refractivity contribution in [2.75, 3.05) is 26.2 Å². The molecule has 6 nitrogen and oxygen atoms in total. The minimum atomic E-state index is -3.60. The molecule has 1 aliphatic rings. The van der Waals surface area contributed by atoms with Crippen molar-refractivity contribution in [2.45, 2.75) is 24.2 Å². The highest BCUT2D eigenvalue weighted by Crippen LogP contribution is 2.20. The summed E-state index contributed by atoms with van der Waals surface area (Å²) in [5.41, 5.74) is 0. The third kappa shape index (κ3) is 6.55. The first kappa shape index (κ1) is 21.8. The van der Waals surface area contributed by atoms with Crippen LogP contribution in [0.5, 0.6) is 5.75 Å². The first-order valence-electron chi connectivity index (χ1n) is 9.65. The molecule has 1 heterocycles. The van der Waals surface area contributed by atoms with E-state index in [0.717, 1.165) is 23.1 Å². The Kier molecular flexibility index (Phi) is 7.69. The fourth-order valence-electron chi connectivity index (χ4n) is 3.23. The Morgan fingerprint density at radius 2 is 1.72 bits per heavy atom. The second-order valence-corrected chi connectivity index (χ2v) is 9.73. The summed E-state index contributed by atoms with van der Waals surface area (Å²) in [4.78, 5) is 14.4. The fourth-order valence-corrected chi connectivity index (χ4v) is 4.52. The summed E-state index contributed by atoms with van der Waals surface area (Å²) in [6.45, 7) is 2.11. The van der Waals surface area contributed by atoms with Crippen LogP contribution in [-0.2, 0) is 14.8 Å². The largest absolute Gasteiger partial charge is 0.493 e. The summed E-state index contributed by atoms with van der Waals surface area (Å²) >= 11 is 3.28. The topological polar surface area (TPSA) is 75.7 Å². The number of carbonyl (C=O) groups is 1. The number of carbonyl (C=O) groups excluding carboxylic acids is 1. The van der Waals surface area contributed by atoms with Gasteiger partial charge in [-0.1, -0.05) is 34.1 Å². The van der Waals surface area contributed by atoms with Crippen molar-refractivity contribution < 1.29 is 17.9 Å². The van der Waals surface area contributed by atoms with Crippen molar-refractivity contribution in [3.8, 4) is 5.75 Å². The standard InChI is InChI=1S/C21H25BrN2O4S/c22-18-6-8-20(9-7-18)29(26,27)23-13-10-21(25)24-14-11-17(12-15-24)16-28-19-4-2-1-3-5-19/h1-9,17,23H,10-16H2. The molecule has 1 saturated heterocycles. The molecule has 1 amide bonds. The van der Waals surface area contributed by atoms with Gasteiger partial charge in [-0.25, -0.2) is 13.1 Å². The molecular formula is C21H25BrN2O4S. The van der Waals surface area contributed by atoms with Gasteiger partial charge < -0.3 is 9.64 Å². The number of halogens is 1. The van der Waals surface area contributed by atoms with Gasteiger partial charge in [0, 0.05) is 30.5 Å². The SMILES string of the molecule is O=C(CCNS(=O)(=O)c1ccc(Br)cc1)N1CCC(COc2ccccc2)CC1. The molecule has 0 saturated carbocycles. The van der Waals surface area contributed by atoms with Gasteiger partial charge in [-0.3, -0.25) is 4.79 Å². The average Bonchev–Trinajstić information content (AvgIpc) is 2.73. The highest BCUT2D eigenvalue weighted by atomic mass is 79.9. The lowest BCUT2D eigenvalue weighted by atomic mass is 9.97. The summed E-state index contributed by atoms with van der Waals surface area (Å²) < 4.78 is 33.7. The van der Waals surface area contributed by atoms with Crippen LogP contribution in [0, 0.1) is 5.92 Å². The number of amides is 1. The summed E-state index contributed by atoms with van der Waals surface area (Å²) in [6, 6.07) is 16.1. The summed E-state index contributed by atoms with van der Waals surface area (Å²) in [6.07, 6.45) is 1.94. The van der Waals surface area contributed by atoms with Crippen molar-refractivity contribution in [1.29, 1.82) is 0 Å². The van der Waals surface area contributed by atoms with Crippen LogP contribution in [0.4, 0.5) is 0 Å². The Bertz CT molecular complexity index is 896. The Morgan fingerprint density at radius 3 is 2.38 bits per heavy atom. The van der Waals surface area contributed by atoms with E-state index < -0.39 is 10.0 Å². The number of benzene rings is 2. The molecule has 1 N–H and O–H groups in total. The molecule has 29 heavy (non-hydrogen) atoms. The van der Waals surface area contributed by atoms with Crippen molar-refractivity contribution in [1.82, 2.24) is 9.62 Å². The number of nitrogens with one attached hydrogen (secondary N) is 1. The maximum Gasteiger partial charge on any atom is 0.240 e. The third-order valence-electron chi connectivity index (χ3n) is 4.95. The van der Waals surface area contributed by atoms with Crippen LogP contribution in [0.25, 0.3) is 0 Å². The normalized spacial score (nSPS) is 15.3. The quantitative estimate of drug-likeness (QED) is 0.627. The molecule has 1 fully saturated rings. The van der Waals surface area contributed by atoms with Crippen molar-refractivity contribution in [2.24, 2.45) is 5.92 Å². The predicted octanol–water partition coefficient (Wildman–Crippen LogP) is 3.44. The molecule has 2 aromatic carbocycles. The molecule has 3 rings (SSSR count). The second-order valence-electron chi connectivity index (χ2n) is 7.05. The number of hydrogen-bond acceptors (Lipinski definition) is 4. The number of piperidine rings is 1. The van der Waals surface area contributed by atoms with E-state index >= 15 is 0 Å². The van der Waals surface area contributed by atoms with Gasteiger partial charge in [0.15, 0.2) is 0 Å². The van der Waals surface area contributed by atoms with Gasteiger partial charge >= 0.3 is 0 Å². The lowest BCUT2D eigenvalue weighted by molar-refractivity contribution is -0.132. The molecule has 0 spiro atoms. The maximum atomic E-state index is 12.4. The van der Waals surface area contributed by atoms with Crippen molar-refractivity contribution in [3.05, 3.63) is 59.1 Å². The van der Waals surface area contributed by atoms with E-state index in [1.54, 1.807) is 12.1 Å². The molecular weight excluding hydrogens is 456 g/mol. The summed E-state index contributed by atoms with van der Waals surface area (Å²) in [5, 5.41) is 0. The first-order valence-corrected chi connectivity index (χ1v) is 11.9. The zero-order valence-electron chi connectivity index (χ0n) is 16.1. The first-order chi connectivity index (χ1) is 13.9.